The van der Waals surface area contributed by atoms with Gasteiger partial charge >= 0.3 is 0 Å². The maximum absolute atomic E-state index is 5.06. The van der Waals surface area contributed by atoms with Gasteiger partial charge in [0.25, 0.3) is 0 Å². The van der Waals surface area contributed by atoms with Crippen molar-refractivity contribution < 1.29 is 0 Å². The Morgan fingerprint density at radius 3 is 2.42 bits per heavy atom. The Morgan fingerprint density at radius 2 is 1.74 bits per heavy atom. The van der Waals surface area contributed by atoms with Crippen LogP contribution in [0.4, 0.5) is 0 Å². The SMILES string of the molecule is S=c1nccc(-c2ccc(C3CCCCC3)cc2)[nH]1. The third-order valence-electron chi connectivity index (χ3n) is 3.97. The van der Waals surface area contributed by atoms with Crippen LogP contribution in [-0.2, 0) is 0 Å². The molecule has 1 aliphatic rings. The smallest absolute Gasteiger partial charge is 0.197 e. The lowest BCUT2D eigenvalue weighted by atomic mass is 9.84. The van der Waals surface area contributed by atoms with Crippen LogP contribution < -0.4 is 0 Å². The van der Waals surface area contributed by atoms with E-state index in [1.54, 1.807) is 6.20 Å². The van der Waals surface area contributed by atoms with E-state index in [4.69, 9.17) is 12.2 Å². The zero-order chi connectivity index (χ0) is 13.1. The van der Waals surface area contributed by atoms with Crippen LogP contribution in [0.25, 0.3) is 11.3 Å². The molecule has 0 amide bonds. The second-order valence-corrected chi connectivity index (χ2v) is 5.63. The molecular formula is C16H18N2S. The maximum atomic E-state index is 5.06. The molecule has 0 saturated heterocycles. The van der Waals surface area contributed by atoms with E-state index in [1.807, 2.05) is 6.07 Å². The summed E-state index contributed by atoms with van der Waals surface area (Å²) in [4.78, 5) is 7.14. The van der Waals surface area contributed by atoms with E-state index in [1.165, 1.54) is 43.2 Å². The average Bonchev–Trinajstić information content (AvgIpc) is 2.48. The molecule has 1 aliphatic carbocycles. The van der Waals surface area contributed by atoms with Crippen LogP contribution in [0.3, 0.4) is 0 Å². The van der Waals surface area contributed by atoms with Gasteiger partial charge in [0, 0.05) is 11.9 Å². The first-order valence-electron chi connectivity index (χ1n) is 6.98. The Morgan fingerprint density at radius 1 is 1.00 bits per heavy atom. The molecule has 0 spiro atoms. The number of aromatic amines is 1. The number of benzene rings is 1. The fraction of sp³-hybridized carbons (Fsp3) is 0.375. The van der Waals surface area contributed by atoms with E-state index >= 15 is 0 Å². The first-order chi connectivity index (χ1) is 9.33. The van der Waals surface area contributed by atoms with Crippen molar-refractivity contribution in [3.8, 4) is 11.3 Å². The summed E-state index contributed by atoms with van der Waals surface area (Å²) in [5.74, 6) is 0.763. The summed E-state index contributed by atoms with van der Waals surface area (Å²) in [6.07, 6.45) is 8.60. The van der Waals surface area contributed by atoms with Crippen molar-refractivity contribution in [1.82, 2.24) is 9.97 Å². The molecule has 0 radical (unpaired) electrons. The molecule has 0 atom stereocenters. The number of hydrogen-bond donors (Lipinski definition) is 1. The first-order valence-corrected chi connectivity index (χ1v) is 7.39. The molecule has 1 N–H and O–H groups in total. The molecule has 98 valence electrons. The molecule has 1 fully saturated rings. The van der Waals surface area contributed by atoms with Crippen LogP contribution in [0.15, 0.2) is 36.5 Å². The highest BCUT2D eigenvalue weighted by Gasteiger charge is 2.15. The van der Waals surface area contributed by atoms with E-state index in [-0.39, 0.29) is 0 Å². The van der Waals surface area contributed by atoms with Gasteiger partial charge in [0.05, 0.1) is 0 Å². The Kier molecular flexibility index (Phi) is 3.74. The Hall–Kier alpha value is -1.48. The minimum absolute atomic E-state index is 0.536. The van der Waals surface area contributed by atoms with Crippen molar-refractivity contribution in [2.75, 3.05) is 0 Å². The van der Waals surface area contributed by atoms with E-state index in [2.05, 4.69) is 34.2 Å². The van der Waals surface area contributed by atoms with Gasteiger partial charge in [-0.1, -0.05) is 43.5 Å². The van der Waals surface area contributed by atoms with Gasteiger partial charge in [-0.05, 0) is 48.2 Å². The van der Waals surface area contributed by atoms with Crippen LogP contribution in [0.5, 0.6) is 0 Å². The van der Waals surface area contributed by atoms with Crippen molar-refractivity contribution in [2.45, 2.75) is 38.0 Å². The lowest BCUT2D eigenvalue weighted by molar-refractivity contribution is 0.443. The van der Waals surface area contributed by atoms with E-state index in [0.29, 0.717) is 4.77 Å². The largest absolute Gasteiger partial charge is 0.330 e. The van der Waals surface area contributed by atoms with Crippen LogP contribution in [-0.4, -0.2) is 9.97 Å². The van der Waals surface area contributed by atoms with Gasteiger partial charge in [0.15, 0.2) is 4.77 Å². The van der Waals surface area contributed by atoms with Gasteiger partial charge < -0.3 is 4.98 Å². The highest BCUT2D eigenvalue weighted by Crippen LogP contribution is 2.33. The normalized spacial score (nSPS) is 16.4. The molecule has 1 aromatic carbocycles. The molecule has 2 nitrogen and oxygen atoms in total. The van der Waals surface area contributed by atoms with Gasteiger partial charge in [-0.3, -0.25) is 0 Å². The lowest BCUT2D eigenvalue weighted by Crippen LogP contribution is -2.04. The molecule has 0 aliphatic heterocycles. The quantitative estimate of drug-likeness (QED) is 0.790. The highest BCUT2D eigenvalue weighted by molar-refractivity contribution is 7.71. The molecule has 1 saturated carbocycles. The predicted molar refractivity (Wildman–Crippen MR) is 80.7 cm³/mol. The number of nitrogens with zero attached hydrogens (tertiary/aromatic N) is 1. The maximum Gasteiger partial charge on any atom is 0.197 e. The third-order valence-corrected chi connectivity index (χ3v) is 4.18. The summed E-state index contributed by atoms with van der Waals surface area (Å²) < 4.78 is 0.536. The van der Waals surface area contributed by atoms with Crippen molar-refractivity contribution in [2.24, 2.45) is 0 Å². The minimum atomic E-state index is 0.536. The van der Waals surface area contributed by atoms with Crippen molar-refractivity contribution in [3.05, 3.63) is 46.9 Å². The minimum Gasteiger partial charge on any atom is -0.330 e. The van der Waals surface area contributed by atoms with Crippen LogP contribution in [0.2, 0.25) is 0 Å². The summed E-state index contributed by atoms with van der Waals surface area (Å²) in [7, 11) is 0. The van der Waals surface area contributed by atoms with Gasteiger partial charge in [0.1, 0.15) is 0 Å². The number of aromatic nitrogens is 2. The predicted octanol–water partition coefficient (Wildman–Crippen LogP) is 4.85. The standard InChI is InChI=1S/C16H18N2S/c19-16-17-11-10-15(18-16)14-8-6-13(7-9-14)12-4-2-1-3-5-12/h6-12H,1-5H2,(H,17,18,19). The molecule has 0 bridgehead atoms. The second kappa shape index (κ2) is 5.66. The monoisotopic (exact) mass is 270 g/mol. The average molecular weight is 270 g/mol. The van der Waals surface area contributed by atoms with Crippen molar-refractivity contribution in [3.63, 3.8) is 0 Å². The van der Waals surface area contributed by atoms with Gasteiger partial charge in [-0.2, -0.15) is 0 Å². The van der Waals surface area contributed by atoms with Crippen LogP contribution >= 0.6 is 12.2 Å². The first kappa shape index (κ1) is 12.5. The lowest BCUT2D eigenvalue weighted by Gasteiger charge is -2.22. The molecule has 19 heavy (non-hydrogen) atoms. The second-order valence-electron chi connectivity index (χ2n) is 5.25. The Bertz CT molecular complexity index is 595. The molecule has 3 rings (SSSR count). The summed E-state index contributed by atoms with van der Waals surface area (Å²) in [6, 6.07) is 10.9. The Labute approximate surface area is 118 Å². The Balaban J connectivity index is 1.84. The fourth-order valence-electron chi connectivity index (χ4n) is 2.91. The summed E-state index contributed by atoms with van der Waals surface area (Å²) in [6.45, 7) is 0. The summed E-state index contributed by atoms with van der Waals surface area (Å²) in [5, 5.41) is 0. The number of H-pyrrole nitrogens is 1. The molecular weight excluding hydrogens is 252 g/mol. The molecule has 0 unspecified atom stereocenters. The number of rotatable bonds is 2. The van der Waals surface area contributed by atoms with E-state index < -0.39 is 0 Å². The molecule has 1 heterocycles. The van der Waals surface area contributed by atoms with Crippen molar-refractivity contribution >= 4 is 12.2 Å². The summed E-state index contributed by atoms with van der Waals surface area (Å²) in [5.41, 5.74) is 3.69. The van der Waals surface area contributed by atoms with E-state index in [9.17, 15) is 0 Å². The third kappa shape index (κ3) is 2.92. The van der Waals surface area contributed by atoms with Gasteiger partial charge in [-0.25, -0.2) is 4.98 Å². The van der Waals surface area contributed by atoms with Gasteiger partial charge in [0.2, 0.25) is 0 Å². The highest BCUT2D eigenvalue weighted by atomic mass is 32.1. The van der Waals surface area contributed by atoms with E-state index in [0.717, 1.165) is 11.6 Å². The van der Waals surface area contributed by atoms with Crippen molar-refractivity contribution in [1.29, 1.82) is 0 Å². The zero-order valence-electron chi connectivity index (χ0n) is 10.9. The molecule has 2 aromatic rings. The topological polar surface area (TPSA) is 28.7 Å². The van der Waals surface area contributed by atoms with Gasteiger partial charge in [-0.15, -0.1) is 0 Å². The number of nitrogens with one attached hydrogen (secondary N) is 1. The fourth-order valence-corrected chi connectivity index (χ4v) is 3.08. The van der Waals surface area contributed by atoms with Crippen LogP contribution in [0.1, 0.15) is 43.6 Å². The zero-order valence-corrected chi connectivity index (χ0v) is 11.7. The molecule has 3 heteroatoms. The van der Waals surface area contributed by atoms with Crippen LogP contribution in [0, 0.1) is 4.77 Å². The molecule has 1 aromatic heterocycles. The number of hydrogen-bond acceptors (Lipinski definition) is 2. The summed E-state index contributed by atoms with van der Waals surface area (Å²) >= 11 is 5.06.